The summed E-state index contributed by atoms with van der Waals surface area (Å²) >= 11 is 0. The van der Waals surface area contributed by atoms with Gasteiger partial charge in [0.15, 0.2) is 0 Å². The van der Waals surface area contributed by atoms with Crippen LogP contribution in [0.3, 0.4) is 0 Å². The van der Waals surface area contributed by atoms with Gasteiger partial charge in [0.05, 0.1) is 12.7 Å². The number of ether oxygens (including phenoxy) is 2. The molecule has 0 saturated carbocycles. The zero-order valence-electron chi connectivity index (χ0n) is 11.2. The highest BCUT2D eigenvalue weighted by molar-refractivity contribution is 5.87. The minimum Gasteiger partial charge on any atom is -0.491 e. The molecule has 0 N–H and O–H groups in total. The van der Waals surface area contributed by atoms with Crippen molar-refractivity contribution in [3.05, 3.63) is 35.9 Å². The molecule has 0 aliphatic heterocycles. The molecule has 0 amide bonds. The molecule has 0 heterocycles. The van der Waals surface area contributed by atoms with Crippen molar-refractivity contribution in [1.82, 2.24) is 0 Å². The van der Waals surface area contributed by atoms with Gasteiger partial charge in [-0.2, -0.15) is 0 Å². The standard InChI is InChI=1S/C15H20O3/c1-4-12(3)18-14-8-6-7-13(11-14)9-10-15(16)17-5-2/h6-12H,4-5H2,1-3H3. The Hall–Kier alpha value is -1.77. The Labute approximate surface area is 108 Å². The van der Waals surface area contributed by atoms with Gasteiger partial charge in [0, 0.05) is 6.08 Å². The summed E-state index contributed by atoms with van der Waals surface area (Å²) in [6.45, 7) is 6.28. The molecule has 1 unspecified atom stereocenters. The van der Waals surface area contributed by atoms with Crippen molar-refractivity contribution >= 4 is 12.0 Å². The van der Waals surface area contributed by atoms with Crippen LogP contribution in [0.25, 0.3) is 6.08 Å². The van der Waals surface area contributed by atoms with E-state index in [4.69, 9.17) is 9.47 Å². The van der Waals surface area contributed by atoms with Gasteiger partial charge in [0.25, 0.3) is 0 Å². The van der Waals surface area contributed by atoms with Crippen LogP contribution in [0.15, 0.2) is 30.3 Å². The van der Waals surface area contributed by atoms with Crippen LogP contribution in [0, 0.1) is 0 Å². The molecule has 0 fully saturated rings. The molecule has 0 aliphatic rings. The largest absolute Gasteiger partial charge is 0.491 e. The van der Waals surface area contributed by atoms with Gasteiger partial charge in [0.2, 0.25) is 0 Å². The molecule has 3 nitrogen and oxygen atoms in total. The predicted molar refractivity (Wildman–Crippen MR) is 72.5 cm³/mol. The molecule has 98 valence electrons. The molecule has 0 spiro atoms. The average Bonchev–Trinajstić information content (AvgIpc) is 2.37. The lowest BCUT2D eigenvalue weighted by atomic mass is 10.2. The van der Waals surface area contributed by atoms with Crippen LogP contribution in [-0.4, -0.2) is 18.7 Å². The normalized spacial score (nSPS) is 12.4. The third kappa shape index (κ3) is 5.04. The lowest BCUT2D eigenvalue weighted by Crippen LogP contribution is -2.09. The van der Waals surface area contributed by atoms with Crippen molar-refractivity contribution in [3.8, 4) is 5.75 Å². The Morgan fingerprint density at radius 1 is 1.39 bits per heavy atom. The van der Waals surface area contributed by atoms with E-state index in [1.54, 1.807) is 13.0 Å². The maximum Gasteiger partial charge on any atom is 0.330 e. The lowest BCUT2D eigenvalue weighted by molar-refractivity contribution is -0.137. The highest BCUT2D eigenvalue weighted by Gasteiger charge is 2.01. The van der Waals surface area contributed by atoms with Crippen LogP contribution in [-0.2, 0) is 9.53 Å². The number of carbonyl (C=O) groups is 1. The maximum atomic E-state index is 11.2. The molecular weight excluding hydrogens is 228 g/mol. The van der Waals surface area contributed by atoms with E-state index in [2.05, 4.69) is 6.92 Å². The maximum absolute atomic E-state index is 11.2. The molecule has 0 bridgehead atoms. The van der Waals surface area contributed by atoms with E-state index in [1.165, 1.54) is 6.08 Å². The first-order chi connectivity index (χ1) is 8.65. The van der Waals surface area contributed by atoms with E-state index in [0.29, 0.717) is 6.61 Å². The van der Waals surface area contributed by atoms with Crippen LogP contribution in [0.1, 0.15) is 32.8 Å². The first-order valence-corrected chi connectivity index (χ1v) is 6.27. The molecule has 0 aliphatic carbocycles. The molecule has 1 aromatic carbocycles. The van der Waals surface area contributed by atoms with Gasteiger partial charge < -0.3 is 9.47 Å². The molecule has 18 heavy (non-hydrogen) atoms. The van der Waals surface area contributed by atoms with Gasteiger partial charge in [-0.15, -0.1) is 0 Å². The fraction of sp³-hybridized carbons (Fsp3) is 0.400. The molecule has 0 saturated heterocycles. The van der Waals surface area contributed by atoms with Crippen LogP contribution in [0.5, 0.6) is 5.75 Å². The van der Waals surface area contributed by atoms with Gasteiger partial charge in [-0.1, -0.05) is 19.1 Å². The van der Waals surface area contributed by atoms with Crippen molar-refractivity contribution in [2.24, 2.45) is 0 Å². The first-order valence-electron chi connectivity index (χ1n) is 6.27. The van der Waals surface area contributed by atoms with E-state index < -0.39 is 0 Å². The number of esters is 1. The van der Waals surface area contributed by atoms with E-state index in [0.717, 1.165) is 17.7 Å². The summed E-state index contributed by atoms with van der Waals surface area (Å²) in [6.07, 6.45) is 4.30. The molecule has 1 atom stereocenters. The van der Waals surface area contributed by atoms with Crippen molar-refractivity contribution in [3.63, 3.8) is 0 Å². The summed E-state index contributed by atoms with van der Waals surface area (Å²) in [5, 5.41) is 0. The SMILES string of the molecule is CCOC(=O)C=Cc1cccc(OC(C)CC)c1. The number of benzene rings is 1. The summed E-state index contributed by atoms with van der Waals surface area (Å²) in [5.74, 6) is 0.487. The highest BCUT2D eigenvalue weighted by atomic mass is 16.5. The lowest BCUT2D eigenvalue weighted by Gasteiger charge is -2.12. The fourth-order valence-corrected chi connectivity index (χ4v) is 1.36. The number of hydrogen-bond acceptors (Lipinski definition) is 3. The van der Waals surface area contributed by atoms with Crippen molar-refractivity contribution in [2.45, 2.75) is 33.3 Å². The van der Waals surface area contributed by atoms with E-state index in [9.17, 15) is 4.79 Å². The summed E-state index contributed by atoms with van der Waals surface area (Å²) in [5.41, 5.74) is 0.920. The van der Waals surface area contributed by atoms with Gasteiger partial charge in [-0.3, -0.25) is 0 Å². The van der Waals surface area contributed by atoms with Crippen molar-refractivity contribution < 1.29 is 14.3 Å². The number of carbonyl (C=O) groups excluding carboxylic acids is 1. The second-order valence-electron chi connectivity index (χ2n) is 3.99. The number of hydrogen-bond donors (Lipinski definition) is 0. The summed E-state index contributed by atoms with van der Waals surface area (Å²) in [7, 11) is 0. The Morgan fingerprint density at radius 3 is 2.83 bits per heavy atom. The van der Waals surface area contributed by atoms with E-state index in [1.807, 2.05) is 31.2 Å². The minimum atomic E-state index is -0.328. The average molecular weight is 248 g/mol. The molecule has 1 rings (SSSR count). The van der Waals surface area contributed by atoms with Crippen molar-refractivity contribution in [1.29, 1.82) is 0 Å². The molecule has 0 radical (unpaired) electrons. The molecular formula is C15H20O3. The topological polar surface area (TPSA) is 35.5 Å². The Balaban J connectivity index is 2.67. The summed E-state index contributed by atoms with van der Waals surface area (Å²) < 4.78 is 10.5. The second-order valence-corrected chi connectivity index (χ2v) is 3.99. The van der Waals surface area contributed by atoms with Gasteiger partial charge >= 0.3 is 5.97 Å². The fourth-order valence-electron chi connectivity index (χ4n) is 1.36. The van der Waals surface area contributed by atoms with Crippen LogP contribution >= 0.6 is 0 Å². The number of rotatable bonds is 6. The molecule has 0 aromatic heterocycles. The van der Waals surface area contributed by atoms with E-state index in [-0.39, 0.29) is 12.1 Å². The summed E-state index contributed by atoms with van der Waals surface area (Å²) in [6, 6.07) is 7.64. The van der Waals surface area contributed by atoms with Crippen molar-refractivity contribution in [2.75, 3.05) is 6.61 Å². The van der Waals surface area contributed by atoms with E-state index >= 15 is 0 Å². The monoisotopic (exact) mass is 248 g/mol. The Kier molecular flexibility index (Phi) is 5.98. The Bertz CT molecular complexity index is 410. The third-order valence-corrected chi connectivity index (χ3v) is 2.47. The minimum absolute atomic E-state index is 0.189. The molecule has 3 heteroatoms. The van der Waals surface area contributed by atoms with Crippen LogP contribution in [0.4, 0.5) is 0 Å². The smallest absolute Gasteiger partial charge is 0.330 e. The molecule has 1 aromatic rings. The van der Waals surface area contributed by atoms with Gasteiger partial charge in [-0.05, 0) is 44.0 Å². The Morgan fingerprint density at radius 2 is 2.17 bits per heavy atom. The zero-order valence-corrected chi connectivity index (χ0v) is 11.2. The second kappa shape index (κ2) is 7.54. The van der Waals surface area contributed by atoms with Gasteiger partial charge in [-0.25, -0.2) is 4.79 Å². The highest BCUT2D eigenvalue weighted by Crippen LogP contribution is 2.16. The zero-order chi connectivity index (χ0) is 13.4. The summed E-state index contributed by atoms with van der Waals surface area (Å²) in [4.78, 5) is 11.2. The van der Waals surface area contributed by atoms with Crippen LogP contribution in [0.2, 0.25) is 0 Å². The first kappa shape index (κ1) is 14.3. The quantitative estimate of drug-likeness (QED) is 0.571. The van der Waals surface area contributed by atoms with Crippen LogP contribution < -0.4 is 4.74 Å². The van der Waals surface area contributed by atoms with Gasteiger partial charge in [0.1, 0.15) is 5.75 Å². The third-order valence-electron chi connectivity index (χ3n) is 2.47. The predicted octanol–water partition coefficient (Wildman–Crippen LogP) is 3.44.